The molecule has 2 heteroatoms. The standard InChI is InChI=1S/C9H19NO/c1-8(11)4-5-9-3-2-6-10-7-9/h8-11H,2-7H2,1H3. The Bertz CT molecular complexity index is 97.7. The fraction of sp³-hybridized carbons (Fsp3) is 1.00. The summed E-state index contributed by atoms with van der Waals surface area (Å²) in [6, 6.07) is 0. The van der Waals surface area contributed by atoms with Crippen LogP contribution in [0.3, 0.4) is 0 Å². The highest BCUT2D eigenvalue weighted by Gasteiger charge is 2.12. The van der Waals surface area contributed by atoms with E-state index in [1.807, 2.05) is 6.92 Å². The molecule has 2 unspecified atom stereocenters. The lowest BCUT2D eigenvalue weighted by atomic mass is 9.94. The van der Waals surface area contributed by atoms with Crippen molar-refractivity contribution in [3.05, 3.63) is 0 Å². The van der Waals surface area contributed by atoms with Crippen molar-refractivity contribution >= 4 is 0 Å². The maximum atomic E-state index is 9.06. The molecule has 1 aliphatic heterocycles. The first-order chi connectivity index (χ1) is 5.29. The summed E-state index contributed by atoms with van der Waals surface area (Å²) >= 11 is 0. The van der Waals surface area contributed by atoms with Crippen LogP contribution >= 0.6 is 0 Å². The first kappa shape index (κ1) is 9.01. The second kappa shape index (κ2) is 4.73. The first-order valence-corrected chi connectivity index (χ1v) is 4.68. The van der Waals surface area contributed by atoms with Crippen LogP contribution in [0.25, 0.3) is 0 Å². The minimum absolute atomic E-state index is 0.114. The van der Waals surface area contributed by atoms with E-state index in [9.17, 15) is 0 Å². The number of aliphatic hydroxyl groups excluding tert-OH is 1. The predicted octanol–water partition coefficient (Wildman–Crippen LogP) is 1.15. The number of piperidine rings is 1. The molecule has 0 amide bonds. The Morgan fingerprint density at radius 3 is 3.00 bits per heavy atom. The van der Waals surface area contributed by atoms with E-state index in [0.29, 0.717) is 0 Å². The molecule has 0 radical (unpaired) electrons. The van der Waals surface area contributed by atoms with Gasteiger partial charge in [0.15, 0.2) is 0 Å². The Hall–Kier alpha value is -0.0800. The maximum Gasteiger partial charge on any atom is 0.0512 e. The minimum Gasteiger partial charge on any atom is -0.393 e. The Kier molecular flexibility index (Phi) is 3.87. The van der Waals surface area contributed by atoms with Crippen molar-refractivity contribution in [2.24, 2.45) is 5.92 Å². The molecule has 1 saturated heterocycles. The van der Waals surface area contributed by atoms with Crippen molar-refractivity contribution in [3.63, 3.8) is 0 Å². The van der Waals surface area contributed by atoms with Gasteiger partial charge in [-0.1, -0.05) is 0 Å². The zero-order chi connectivity index (χ0) is 8.10. The van der Waals surface area contributed by atoms with Gasteiger partial charge in [0, 0.05) is 0 Å². The maximum absolute atomic E-state index is 9.06. The lowest BCUT2D eigenvalue weighted by Gasteiger charge is -2.22. The van der Waals surface area contributed by atoms with E-state index < -0.39 is 0 Å². The second-order valence-electron chi connectivity index (χ2n) is 3.64. The minimum atomic E-state index is -0.114. The van der Waals surface area contributed by atoms with Crippen molar-refractivity contribution in [1.82, 2.24) is 5.32 Å². The summed E-state index contributed by atoms with van der Waals surface area (Å²) in [7, 11) is 0. The number of hydrogen-bond donors (Lipinski definition) is 2. The Morgan fingerprint density at radius 1 is 1.64 bits per heavy atom. The molecule has 11 heavy (non-hydrogen) atoms. The van der Waals surface area contributed by atoms with Crippen LogP contribution in [0, 0.1) is 5.92 Å². The first-order valence-electron chi connectivity index (χ1n) is 4.68. The number of nitrogens with one attached hydrogen (secondary N) is 1. The summed E-state index contributed by atoms with van der Waals surface area (Å²) in [4.78, 5) is 0. The molecular formula is C9H19NO. The van der Waals surface area contributed by atoms with Gasteiger partial charge in [-0.2, -0.15) is 0 Å². The molecule has 1 rings (SSSR count). The van der Waals surface area contributed by atoms with Gasteiger partial charge in [0.05, 0.1) is 6.10 Å². The molecule has 66 valence electrons. The van der Waals surface area contributed by atoms with Crippen molar-refractivity contribution in [2.45, 2.75) is 38.7 Å². The molecule has 1 aliphatic rings. The quantitative estimate of drug-likeness (QED) is 0.644. The zero-order valence-electron chi connectivity index (χ0n) is 7.34. The summed E-state index contributed by atoms with van der Waals surface area (Å²) in [6.07, 6.45) is 4.69. The smallest absolute Gasteiger partial charge is 0.0512 e. The van der Waals surface area contributed by atoms with Gasteiger partial charge in [-0.05, 0) is 51.6 Å². The molecule has 0 aromatic carbocycles. The summed E-state index contributed by atoms with van der Waals surface area (Å²) in [5, 5.41) is 12.4. The van der Waals surface area contributed by atoms with Crippen molar-refractivity contribution in [3.8, 4) is 0 Å². The summed E-state index contributed by atoms with van der Waals surface area (Å²) in [6.45, 7) is 4.22. The monoisotopic (exact) mass is 157 g/mol. The van der Waals surface area contributed by atoms with E-state index in [1.165, 1.54) is 25.8 Å². The van der Waals surface area contributed by atoms with Crippen LogP contribution in [0.4, 0.5) is 0 Å². The third kappa shape index (κ3) is 3.73. The molecular weight excluding hydrogens is 138 g/mol. The number of rotatable bonds is 3. The predicted molar refractivity (Wildman–Crippen MR) is 46.5 cm³/mol. The SMILES string of the molecule is CC(O)CCC1CCCNC1. The van der Waals surface area contributed by atoms with E-state index in [2.05, 4.69) is 5.32 Å². The van der Waals surface area contributed by atoms with Crippen molar-refractivity contribution in [1.29, 1.82) is 0 Å². The summed E-state index contributed by atoms with van der Waals surface area (Å²) in [5.74, 6) is 0.818. The Labute approximate surface area is 69.0 Å². The third-order valence-corrected chi connectivity index (χ3v) is 2.39. The normalized spacial score (nSPS) is 28.4. The van der Waals surface area contributed by atoms with Gasteiger partial charge in [-0.3, -0.25) is 0 Å². The van der Waals surface area contributed by atoms with Crippen LogP contribution in [0.15, 0.2) is 0 Å². The van der Waals surface area contributed by atoms with E-state index in [0.717, 1.165) is 18.9 Å². The Morgan fingerprint density at radius 2 is 2.45 bits per heavy atom. The molecule has 2 nitrogen and oxygen atoms in total. The highest BCUT2D eigenvalue weighted by atomic mass is 16.3. The third-order valence-electron chi connectivity index (χ3n) is 2.39. The van der Waals surface area contributed by atoms with Crippen molar-refractivity contribution in [2.75, 3.05) is 13.1 Å². The fourth-order valence-corrected chi connectivity index (χ4v) is 1.65. The molecule has 1 heterocycles. The summed E-state index contributed by atoms with van der Waals surface area (Å²) in [5.41, 5.74) is 0. The fourth-order valence-electron chi connectivity index (χ4n) is 1.65. The summed E-state index contributed by atoms with van der Waals surface area (Å²) < 4.78 is 0. The van der Waals surface area contributed by atoms with E-state index >= 15 is 0 Å². The Balaban J connectivity index is 2.05. The van der Waals surface area contributed by atoms with Crippen LogP contribution in [0.1, 0.15) is 32.6 Å². The van der Waals surface area contributed by atoms with E-state index in [4.69, 9.17) is 5.11 Å². The largest absolute Gasteiger partial charge is 0.393 e. The molecule has 0 aromatic heterocycles. The average molecular weight is 157 g/mol. The highest BCUT2D eigenvalue weighted by molar-refractivity contribution is 4.69. The second-order valence-corrected chi connectivity index (χ2v) is 3.64. The van der Waals surface area contributed by atoms with E-state index in [1.54, 1.807) is 0 Å². The lowest BCUT2D eigenvalue weighted by molar-refractivity contribution is 0.169. The van der Waals surface area contributed by atoms with Gasteiger partial charge < -0.3 is 10.4 Å². The molecule has 2 N–H and O–H groups in total. The molecule has 1 fully saturated rings. The number of aliphatic hydroxyl groups is 1. The lowest BCUT2D eigenvalue weighted by Crippen LogP contribution is -2.30. The van der Waals surface area contributed by atoms with Crippen molar-refractivity contribution < 1.29 is 5.11 Å². The van der Waals surface area contributed by atoms with Crippen LogP contribution in [0.5, 0.6) is 0 Å². The highest BCUT2D eigenvalue weighted by Crippen LogP contribution is 2.16. The van der Waals surface area contributed by atoms with Gasteiger partial charge >= 0.3 is 0 Å². The average Bonchev–Trinajstić information content (AvgIpc) is 2.03. The molecule has 0 aromatic rings. The van der Waals surface area contributed by atoms with Gasteiger partial charge in [0.25, 0.3) is 0 Å². The molecule has 0 spiro atoms. The van der Waals surface area contributed by atoms with Crippen LogP contribution in [-0.2, 0) is 0 Å². The topological polar surface area (TPSA) is 32.3 Å². The van der Waals surface area contributed by atoms with Gasteiger partial charge in [0.2, 0.25) is 0 Å². The van der Waals surface area contributed by atoms with Gasteiger partial charge in [-0.25, -0.2) is 0 Å². The molecule has 0 bridgehead atoms. The van der Waals surface area contributed by atoms with Crippen LogP contribution < -0.4 is 5.32 Å². The molecule has 0 saturated carbocycles. The van der Waals surface area contributed by atoms with Crippen LogP contribution in [0.2, 0.25) is 0 Å². The number of hydrogen-bond acceptors (Lipinski definition) is 2. The van der Waals surface area contributed by atoms with E-state index in [-0.39, 0.29) is 6.10 Å². The van der Waals surface area contributed by atoms with Gasteiger partial charge in [-0.15, -0.1) is 0 Å². The molecule has 0 aliphatic carbocycles. The van der Waals surface area contributed by atoms with Crippen LogP contribution in [-0.4, -0.2) is 24.3 Å². The van der Waals surface area contributed by atoms with Gasteiger partial charge in [0.1, 0.15) is 0 Å². The zero-order valence-corrected chi connectivity index (χ0v) is 7.34. The molecule has 2 atom stereocenters.